The average Bonchev–Trinajstić information content (AvgIpc) is 2.25. The predicted molar refractivity (Wildman–Crippen MR) is 73.5 cm³/mol. The van der Waals surface area contributed by atoms with Crippen molar-refractivity contribution in [2.45, 2.75) is 65.8 Å². The van der Waals surface area contributed by atoms with Gasteiger partial charge in [0.2, 0.25) is 0 Å². The quantitative estimate of drug-likeness (QED) is 0.812. The number of hydrogen-bond acceptors (Lipinski definition) is 3. The van der Waals surface area contributed by atoms with Gasteiger partial charge in [-0.25, -0.2) is 9.97 Å². The Hall–Kier alpha value is -1.12. The van der Waals surface area contributed by atoms with Crippen LogP contribution in [0.1, 0.15) is 64.4 Å². The molecule has 0 radical (unpaired) electrons. The van der Waals surface area contributed by atoms with E-state index in [1.807, 2.05) is 13.0 Å². The summed E-state index contributed by atoms with van der Waals surface area (Å²) in [7, 11) is 0. The van der Waals surface area contributed by atoms with Crippen molar-refractivity contribution in [3.8, 4) is 0 Å². The Labute approximate surface area is 105 Å². The van der Waals surface area contributed by atoms with E-state index < -0.39 is 0 Å². The van der Waals surface area contributed by atoms with Gasteiger partial charge in [0.1, 0.15) is 11.6 Å². The molecule has 1 unspecified atom stereocenters. The maximum Gasteiger partial charge on any atom is 0.133 e. The molecule has 0 bridgehead atoms. The van der Waals surface area contributed by atoms with Crippen LogP contribution in [0.5, 0.6) is 0 Å². The van der Waals surface area contributed by atoms with Gasteiger partial charge >= 0.3 is 0 Å². The maximum absolute atomic E-state index is 4.56. The molecule has 1 aromatic heterocycles. The lowest BCUT2D eigenvalue weighted by atomic mass is 10.1. The Bertz CT molecular complexity index is 347. The number of hydrogen-bond donors (Lipinski definition) is 1. The molecular weight excluding hydrogens is 210 g/mol. The minimum atomic E-state index is 0.376. The third-order valence-corrected chi connectivity index (χ3v) is 2.77. The molecule has 0 aliphatic carbocycles. The standard InChI is InChI=1S/C14H25N3/c1-6-7-8-11(4)15-13-9-12(5)16-14(17-13)10(2)3/h9-11H,6-8H2,1-5H3,(H,15,16,17). The first-order chi connectivity index (χ1) is 8.02. The molecule has 1 heterocycles. The molecule has 0 amide bonds. The van der Waals surface area contributed by atoms with Gasteiger partial charge in [-0.3, -0.25) is 0 Å². The third-order valence-electron chi connectivity index (χ3n) is 2.77. The summed E-state index contributed by atoms with van der Waals surface area (Å²) < 4.78 is 0. The van der Waals surface area contributed by atoms with Crippen LogP contribution in [-0.2, 0) is 0 Å². The Morgan fingerprint density at radius 3 is 2.53 bits per heavy atom. The highest BCUT2D eigenvalue weighted by molar-refractivity contribution is 5.37. The second-order valence-electron chi connectivity index (χ2n) is 5.10. The fourth-order valence-electron chi connectivity index (χ4n) is 1.76. The summed E-state index contributed by atoms with van der Waals surface area (Å²) >= 11 is 0. The van der Waals surface area contributed by atoms with Gasteiger partial charge in [-0.2, -0.15) is 0 Å². The second-order valence-corrected chi connectivity index (χ2v) is 5.10. The predicted octanol–water partition coefficient (Wildman–Crippen LogP) is 3.90. The largest absolute Gasteiger partial charge is 0.368 e. The molecular formula is C14H25N3. The van der Waals surface area contributed by atoms with Crippen molar-refractivity contribution in [1.82, 2.24) is 9.97 Å². The van der Waals surface area contributed by atoms with Gasteiger partial charge in [0.05, 0.1) is 0 Å². The molecule has 96 valence electrons. The van der Waals surface area contributed by atoms with Crippen LogP contribution >= 0.6 is 0 Å². The van der Waals surface area contributed by atoms with Crippen molar-refractivity contribution in [3.05, 3.63) is 17.6 Å². The molecule has 0 aromatic carbocycles. The molecule has 0 fully saturated rings. The van der Waals surface area contributed by atoms with E-state index in [0.29, 0.717) is 12.0 Å². The first-order valence-electron chi connectivity index (χ1n) is 6.65. The van der Waals surface area contributed by atoms with Gasteiger partial charge in [0, 0.05) is 23.7 Å². The summed E-state index contributed by atoms with van der Waals surface area (Å²) in [5.74, 6) is 2.27. The van der Waals surface area contributed by atoms with Crippen molar-refractivity contribution in [3.63, 3.8) is 0 Å². The minimum absolute atomic E-state index is 0.376. The van der Waals surface area contributed by atoms with E-state index in [0.717, 1.165) is 17.3 Å². The number of nitrogens with zero attached hydrogens (tertiary/aromatic N) is 2. The smallest absolute Gasteiger partial charge is 0.133 e. The zero-order valence-electron chi connectivity index (χ0n) is 11.7. The monoisotopic (exact) mass is 235 g/mol. The lowest BCUT2D eigenvalue weighted by molar-refractivity contribution is 0.641. The number of aromatic nitrogens is 2. The van der Waals surface area contributed by atoms with Gasteiger partial charge in [-0.15, -0.1) is 0 Å². The molecule has 1 N–H and O–H groups in total. The lowest BCUT2D eigenvalue weighted by Crippen LogP contribution is -2.17. The molecule has 17 heavy (non-hydrogen) atoms. The topological polar surface area (TPSA) is 37.8 Å². The van der Waals surface area contributed by atoms with Crippen LogP contribution in [-0.4, -0.2) is 16.0 Å². The SMILES string of the molecule is CCCCC(C)Nc1cc(C)nc(C(C)C)n1. The van der Waals surface area contributed by atoms with Crippen LogP contribution < -0.4 is 5.32 Å². The van der Waals surface area contributed by atoms with Crippen molar-refractivity contribution in [2.24, 2.45) is 0 Å². The number of nitrogens with one attached hydrogen (secondary N) is 1. The maximum atomic E-state index is 4.56. The van der Waals surface area contributed by atoms with Gasteiger partial charge < -0.3 is 5.32 Å². The molecule has 0 saturated heterocycles. The molecule has 0 aliphatic rings. The van der Waals surface area contributed by atoms with Gasteiger partial charge in [0.15, 0.2) is 0 Å². The summed E-state index contributed by atoms with van der Waals surface area (Å²) in [6, 6.07) is 2.50. The molecule has 3 nitrogen and oxygen atoms in total. The van der Waals surface area contributed by atoms with E-state index in [2.05, 4.69) is 43.0 Å². The van der Waals surface area contributed by atoms with E-state index in [4.69, 9.17) is 0 Å². The summed E-state index contributed by atoms with van der Waals surface area (Å²) in [6.07, 6.45) is 3.69. The summed E-state index contributed by atoms with van der Waals surface area (Å²) in [4.78, 5) is 9.01. The van der Waals surface area contributed by atoms with E-state index >= 15 is 0 Å². The molecule has 0 aliphatic heterocycles. The molecule has 1 rings (SSSR count). The number of aryl methyl sites for hydroxylation is 1. The first kappa shape index (κ1) is 13.9. The lowest BCUT2D eigenvalue weighted by Gasteiger charge is -2.15. The second kappa shape index (κ2) is 6.58. The zero-order valence-corrected chi connectivity index (χ0v) is 11.7. The van der Waals surface area contributed by atoms with Crippen LogP contribution in [0.15, 0.2) is 6.07 Å². The number of rotatable bonds is 6. The van der Waals surface area contributed by atoms with Gasteiger partial charge in [-0.05, 0) is 20.3 Å². The molecule has 0 saturated carbocycles. The number of unbranched alkanes of at least 4 members (excludes halogenated alkanes) is 1. The Kier molecular flexibility index (Phi) is 5.39. The van der Waals surface area contributed by atoms with Crippen molar-refractivity contribution >= 4 is 5.82 Å². The average molecular weight is 235 g/mol. The molecule has 0 spiro atoms. The highest BCUT2D eigenvalue weighted by Crippen LogP contribution is 2.15. The van der Waals surface area contributed by atoms with Crippen molar-refractivity contribution in [2.75, 3.05) is 5.32 Å². The van der Waals surface area contributed by atoms with Gasteiger partial charge in [-0.1, -0.05) is 33.6 Å². The number of anilines is 1. The summed E-state index contributed by atoms with van der Waals surface area (Å²) in [5, 5.41) is 3.46. The third kappa shape index (κ3) is 4.72. The minimum Gasteiger partial charge on any atom is -0.368 e. The molecule has 1 atom stereocenters. The van der Waals surface area contributed by atoms with Crippen molar-refractivity contribution < 1.29 is 0 Å². The van der Waals surface area contributed by atoms with Crippen LogP contribution in [0.25, 0.3) is 0 Å². The highest BCUT2D eigenvalue weighted by atomic mass is 15.0. The summed E-state index contributed by atoms with van der Waals surface area (Å²) in [5.41, 5.74) is 1.04. The Morgan fingerprint density at radius 2 is 1.94 bits per heavy atom. The van der Waals surface area contributed by atoms with Gasteiger partial charge in [0.25, 0.3) is 0 Å². The van der Waals surface area contributed by atoms with Crippen LogP contribution in [0.4, 0.5) is 5.82 Å². The normalized spacial score (nSPS) is 12.8. The van der Waals surface area contributed by atoms with E-state index in [9.17, 15) is 0 Å². The van der Waals surface area contributed by atoms with Crippen LogP contribution in [0, 0.1) is 6.92 Å². The fourth-order valence-corrected chi connectivity index (χ4v) is 1.76. The Balaban J connectivity index is 2.70. The van der Waals surface area contributed by atoms with E-state index in [1.165, 1.54) is 19.3 Å². The van der Waals surface area contributed by atoms with E-state index in [-0.39, 0.29) is 0 Å². The first-order valence-corrected chi connectivity index (χ1v) is 6.65. The van der Waals surface area contributed by atoms with Crippen LogP contribution in [0.3, 0.4) is 0 Å². The fraction of sp³-hybridized carbons (Fsp3) is 0.714. The summed E-state index contributed by atoms with van der Waals surface area (Å²) in [6.45, 7) is 10.7. The van der Waals surface area contributed by atoms with Crippen molar-refractivity contribution in [1.29, 1.82) is 0 Å². The zero-order chi connectivity index (χ0) is 12.8. The highest BCUT2D eigenvalue weighted by Gasteiger charge is 2.08. The van der Waals surface area contributed by atoms with Crippen LogP contribution in [0.2, 0.25) is 0 Å². The molecule has 1 aromatic rings. The molecule has 3 heteroatoms. The Morgan fingerprint density at radius 1 is 1.24 bits per heavy atom. The van der Waals surface area contributed by atoms with E-state index in [1.54, 1.807) is 0 Å².